The van der Waals surface area contributed by atoms with E-state index in [9.17, 15) is 10.2 Å². The molecule has 0 heterocycles. The maximum atomic E-state index is 10.1. The minimum absolute atomic E-state index is 0.372. The van der Waals surface area contributed by atoms with Gasteiger partial charge in [0.2, 0.25) is 0 Å². The van der Waals surface area contributed by atoms with E-state index in [1.54, 1.807) is 0 Å². The van der Waals surface area contributed by atoms with Crippen molar-refractivity contribution in [1.82, 2.24) is 5.32 Å². The molecule has 0 saturated heterocycles. The fourth-order valence-corrected chi connectivity index (χ4v) is 4.27. The average molecular weight is 392 g/mol. The Kier molecular flexibility index (Phi) is 13.5. The Morgan fingerprint density at radius 3 is 1.68 bits per heavy atom. The number of hydrogen-bond donors (Lipinski definition) is 3. The minimum Gasteiger partial charge on any atom is -0.393 e. The summed E-state index contributed by atoms with van der Waals surface area (Å²) < 4.78 is 0. The summed E-state index contributed by atoms with van der Waals surface area (Å²) in [6, 6.07) is 10.3. The maximum Gasteiger partial charge on any atom is 0.0533 e. The third-order valence-electron chi connectivity index (χ3n) is 5.61. The molecule has 0 aliphatic carbocycles. The van der Waals surface area contributed by atoms with Gasteiger partial charge in [0.15, 0.2) is 0 Å². The first-order chi connectivity index (χ1) is 13.5. The lowest BCUT2D eigenvalue weighted by molar-refractivity contribution is 0.0835. The van der Waals surface area contributed by atoms with Crippen LogP contribution in [0.15, 0.2) is 30.3 Å². The first-order valence-corrected chi connectivity index (χ1v) is 11.7. The molecule has 2 atom stereocenters. The number of nitrogens with one attached hydrogen (secondary N) is 1. The first-order valence-electron chi connectivity index (χ1n) is 11.7. The van der Waals surface area contributed by atoms with Gasteiger partial charge in [-0.2, -0.15) is 0 Å². The molecular weight excluding hydrogens is 346 g/mol. The highest BCUT2D eigenvalue weighted by Crippen LogP contribution is 2.32. The van der Waals surface area contributed by atoms with Gasteiger partial charge in [-0.3, -0.25) is 0 Å². The van der Waals surface area contributed by atoms with E-state index in [1.807, 2.05) is 32.0 Å². The van der Waals surface area contributed by atoms with Gasteiger partial charge in [-0.25, -0.2) is 0 Å². The first kappa shape index (κ1) is 25.1. The molecule has 3 nitrogen and oxygen atoms in total. The van der Waals surface area contributed by atoms with E-state index < -0.39 is 12.2 Å². The van der Waals surface area contributed by atoms with Crippen molar-refractivity contribution in [3.63, 3.8) is 0 Å². The third-order valence-corrected chi connectivity index (χ3v) is 5.61. The Bertz CT molecular complexity index is 463. The highest BCUT2D eigenvalue weighted by molar-refractivity contribution is 5.25. The Morgan fingerprint density at radius 1 is 0.750 bits per heavy atom. The summed E-state index contributed by atoms with van der Waals surface area (Å²) >= 11 is 0. The predicted octanol–water partition coefficient (Wildman–Crippen LogP) is 5.93. The van der Waals surface area contributed by atoms with Crippen LogP contribution in [0.1, 0.15) is 103 Å². The minimum atomic E-state index is -0.417. The van der Waals surface area contributed by atoms with Crippen molar-refractivity contribution in [2.75, 3.05) is 6.54 Å². The van der Waals surface area contributed by atoms with E-state index in [0.29, 0.717) is 12.8 Å². The van der Waals surface area contributed by atoms with Crippen LogP contribution in [0.3, 0.4) is 0 Å². The van der Waals surface area contributed by atoms with Crippen molar-refractivity contribution < 1.29 is 10.2 Å². The van der Waals surface area contributed by atoms with Gasteiger partial charge in [0.05, 0.1) is 12.2 Å². The van der Waals surface area contributed by atoms with Gasteiger partial charge in [-0.05, 0) is 45.2 Å². The second-order valence-corrected chi connectivity index (χ2v) is 8.66. The van der Waals surface area contributed by atoms with Crippen molar-refractivity contribution in [3.8, 4) is 0 Å². The van der Waals surface area contributed by atoms with Gasteiger partial charge < -0.3 is 15.5 Å². The van der Waals surface area contributed by atoms with Crippen LogP contribution in [0.4, 0.5) is 0 Å². The van der Waals surface area contributed by atoms with Crippen LogP contribution in [0.5, 0.6) is 0 Å². The van der Waals surface area contributed by atoms with Crippen LogP contribution in [0.2, 0.25) is 0 Å². The number of unbranched alkanes of at least 4 members (excludes halogenated alkanes) is 9. The second kappa shape index (κ2) is 15.0. The third kappa shape index (κ3) is 10.6. The zero-order chi connectivity index (χ0) is 20.7. The molecule has 162 valence electrons. The topological polar surface area (TPSA) is 52.5 Å². The molecule has 0 amide bonds. The molecule has 1 aromatic rings. The van der Waals surface area contributed by atoms with Crippen LogP contribution in [0.25, 0.3) is 0 Å². The molecule has 0 aromatic heterocycles. The van der Waals surface area contributed by atoms with E-state index in [2.05, 4.69) is 24.4 Å². The molecule has 0 bridgehead atoms. The smallest absolute Gasteiger partial charge is 0.0533 e. The van der Waals surface area contributed by atoms with Gasteiger partial charge in [0.1, 0.15) is 0 Å². The van der Waals surface area contributed by atoms with Crippen LogP contribution in [-0.4, -0.2) is 29.0 Å². The molecule has 3 heteroatoms. The Balaban J connectivity index is 2.43. The van der Waals surface area contributed by atoms with Gasteiger partial charge >= 0.3 is 0 Å². The summed E-state index contributed by atoms with van der Waals surface area (Å²) in [5.41, 5.74) is 0.784. The largest absolute Gasteiger partial charge is 0.393 e. The van der Waals surface area contributed by atoms with Crippen molar-refractivity contribution >= 4 is 0 Å². The molecule has 0 fully saturated rings. The normalized spacial score (nSPS) is 15.9. The molecule has 1 rings (SSSR count). The summed E-state index contributed by atoms with van der Waals surface area (Å²) in [6.45, 7) is 6.86. The Labute approximate surface area is 174 Å². The lowest BCUT2D eigenvalue weighted by Gasteiger charge is -2.38. The fraction of sp³-hybridized carbons (Fsp3) is 0.760. The van der Waals surface area contributed by atoms with Crippen molar-refractivity contribution in [1.29, 1.82) is 0 Å². The van der Waals surface area contributed by atoms with Crippen LogP contribution in [-0.2, 0) is 5.54 Å². The van der Waals surface area contributed by atoms with Gasteiger partial charge in [-0.15, -0.1) is 0 Å². The summed E-state index contributed by atoms with van der Waals surface area (Å²) in [5, 5.41) is 24.0. The maximum absolute atomic E-state index is 10.1. The second-order valence-electron chi connectivity index (χ2n) is 8.66. The summed E-state index contributed by atoms with van der Waals surface area (Å²) in [7, 11) is 0. The fourth-order valence-electron chi connectivity index (χ4n) is 4.27. The Hall–Kier alpha value is -0.900. The number of aliphatic hydroxyl groups is 2. The Morgan fingerprint density at radius 2 is 1.21 bits per heavy atom. The molecule has 0 aliphatic heterocycles. The molecule has 0 radical (unpaired) electrons. The van der Waals surface area contributed by atoms with E-state index in [-0.39, 0.29) is 5.54 Å². The van der Waals surface area contributed by atoms with Crippen molar-refractivity contribution in [3.05, 3.63) is 35.9 Å². The number of benzene rings is 1. The van der Waals surface area contributed by atoms with Gasteiger partial charge in [-0.1, -0.05) is 95.0 Å². The van der Waals surface area contributed by atoms with E-state index in [0.717, 1.165) is 18.5 Å². The van der Waals surface area contributed by atoms with Crippen LogP contribution in [0, 0.1) is 0 Å². The molecule has 0 aliphatic rings. The van der Waals surface area contributed by atoms with E-state index in [1.165, 1.54) is 57.8 Å². The molecule has 28 heavy (non-hydrogen) atoms. The number of hydrogen-bond acceptors (Lipinski definition) is 3. The van der Waals surface area contributed by atoms with Gasteiger partial charge in [0.25, 0.3) is 0 Å². The summed E-state index contributed by atoms with van der Waals surface area (Å²) in [5.74, 6) is 0. The van der Waals surface area contributed by atoms with E-state index in [4.69, 9.17) is 0 Å². The standard InChI is InChI=1S/C25H45NO2/c1-4-5-6-7-8-9-10-11-12-16-19-26-25(20-22(2)27,21-23(3)28)24-17-14-13-15-18-24/h13-15,17-18,22-23,26-28H,4-12,16,19-21H2,1-3H3. The molecule has 0 spiro atoms. The molecule has 2 unspecified atom stereocenters. The SMILES string of the molecule is CCCCCCCCCCCCNC(CC(C)O)(CC(C)O)c1ccccc1. The summed E-state index contributed by atoms with van der Waals surface area (Å²) in [4.78, 5) is 0. The monoisotopic (exact) mass is 391 g/mol. The van der Waals surface area contributed by atoms with Crippen molar-refractivity contribution in [2.24, 2.45) is 0 Å². The molecule has 1 aromatic carbocycles. The quantitative estimate of drug-likeness (QED) is 0.288. The van der Waals surface area contributed by atoms with Gasteiger partial charge in [0, 0.05) is 5.54 Å². The van der Waals surface area contributed by atoms with Crippen molar-refractivity contribution in [2.45, 2.75) is 116 Å². The molecular formula is C25H45NO2. The predicted molar refractivity (Wildman–Crippen MR) is 121 cm³/mol. The van der Waals surface area contributed by atoms with E-state index >= 15 is 0 Å². The highest BCUT2D eigenvalue weighted by Gasteiger charge is 2.34. The van der Waals surface area contributed by atoms with Crippen LogP contribution < -0.4 is 5.32 Å². The zero-order valence-electron chi connectivity index (χ0n) is 18.6. The molecule has 0 saturated carbocycles. The zero-order valence-corrected chi connectivity index (χ0v) is 18.6. The highest BCUT2D eigenvalue weighted by atomic mass is 16.3. The molecule has 3 N–H and O–H groups in total. The number of rotatable bonds is 17. The lowest BCUT2D eigenvalue weighted by atomic mass is 9.80. The van der Waals surface area contributed by atoms with Crippen LogP contribution >= 0.6 is 0 Å². The average Bonchev–Trinajstić information content (AvgIpc) is 2.65. The lowest BCUT2D eigenvalue weighted by Crippen LogP contribution is -2.47. The summed E-state index contributed by atoms with van der Waals surface area (Å²) in [6.07, 6.45) is 13.7. The number of aliphatic hydroxyl groups excluding tert-OH is 2.